The summed E-state index contributed by atoms with van der Waals surface area (Å²) >= 11 is 0. The molecule has 1 amide bonds. The van der Waals surface area contributed by atoms with E-state index in [-0.39, 0.29) is 24.3 Å². The van der Waals surface area contributed by atoms with Gasteiger partial charge in [0.05, 0.1) is 6.54 Å². The number of ketones is 1. The highest BCUT2D eigenvalue weighted by Gasteiger charge is 2.21. The van der Waals surface area contributed by atoms with Crippen LogP contribution in [0.2, 0.25) is 0 Å². The molecule has 3 aromatic carbocycles. The zero-order valence-corrected chi connectivity index (χ0v) is 19.3. The van der Waals surface area contributed by atoms with Crippen molar-refractivity contribution in [1.82, 2.24) is 9.47 Å². The first-order valence-corrected chi connectivity index (χ1v) is 11.5. The van der Waals surface area contributed by atoms with E-state index in [1.54, 1.807) is 17.0 Å². The third kappa shape index (κ3) is 5.40. The summed E-state index contributed by atoms with van der Waals surface area (Å²) in [5.74, 6) is -0.0220. The second-order valence-electron chi connectivity index (χ2n) is 8.69. The number of rotatable bonds is 9. The van der Waals surface area contributed by atoms with Gasteiger partial charge in [-0.1, -0.05) is 78.9 Å². The lowest BCUT2D eigenvalue weighted by Crippen LogP contribution is -2.40. The molecule has 4 rings (SSSR count). The number of benzene rings is 3. The van der Waals surface area contributed by atoms with Gasteiger partial charge in [-0.25, -0.2) is 0 Å². The molecule has 0 aliphatic rings. The summed E-state index contributed by atoms with van der Waals surface area (Å²) in [4.78, 5) is 27.5. The van der Waals surface area contributed by atoms with Gasteiger partial charge in [0.25, 0.3) is 0 Å². The van der Waals surface area contributed by atoms with E-state index >= 15 is 0 Å². The standard InChI is InChI=1S/C29H30N2O2/c1-22(2)31(21-28(32)24-13-7-4-8-14-24)29(33)18-17-25-20-30(19-23-11-5-3-6-12-23)27-16-10-9-15-26(25)27/h3-16,20,22H,17-19,21H2,1-2H3. The molecule has 0 radical (unpaired) electrons. The molecule has 0 aliphatic heterocycles. The number of hydrogen-bond acceptors (Lipinski definition) is 2. The first-order chi connectivity index (χ1) is 16.0. The van der Waals surface area contributed by atoms with Gasteiger partial charge in [0.1, 0.15) is 0 Å². The van der Waals surface area contributed by atoms with E-state index in [0.29, 0.717) is 18.4 Å². The summed E-state index contributed by atoms with van der Waals surface area (Å²) < 4.78 is 2.25. The molecule has 0 aliphatic carbocycles. The van der Waals surface area contributed by atoms with Crippen molar-refractivity contribution in [2.75, 3.05) is 6.54 Å². The van der Waals surface area contributed by atoms with Gasteiger partial charge in [0.15, 0.2) is 5.78 Å². The Balaban J connectivity index is 1.48. The number of fused-ring (bicyclic) bond motifs is 1. The number of Topliss-reactive ketones (excluding diaryl/α,β-unsaturated/α-hetero) is 1. The van der Waals surface area contributed by atoms with Crippen molar-refractivity contribution in [3.63, 3.8) is 0 Å². The maximum absolute atomic E-state index is 13.1. The number of amides is 1. The first kappa shape index (κ1) is 22.5. The van der Waals surface area contributed by atoms with E-state index in [2.05, 4.69) is 53.2 Å². The van der Waals surface area contributed by atoms with Crippen molar-refractivity contribution in [2.45, 2.75) is 39.3 Å². The van der Waals surface area contributed by atoms with Crippen LogP contribution in [-0.2, 0) is 17.8 Å². The van der Waals surface area contributed by atoms with E-state index in [1.165, 1.54) is 16.5 Å². The lowest BCUT2D eigenvalue weighted by molar-refractivity contribution is -0.132. The van der Waals surface area contributed by atoms with Crippen molar-refractivity contribution in [1.29, 1.82) is 0 Å². The molecule has 4 heteroatoms. The van der Waals surface area contributed by atoms with Crippen molar-refractivity contribution in [2.24, 2.45) is 0 Å². The highest BCUT2D eigenvalue weighted by atomic mass is 16.2. The van der Waals surface area contributed by atoms with Gasteiger partial charge in [-0.3, -0.25) is 9.59 Å². The zero-order valence-electron chi connectivity index (χ0n) is 19.3. The van der Waals surface area contributed by atoms with E-state index < -0.39 is 0 Å². The average Bonchev–Trinajstić information content (AvgIpc) is 3.19. The molecule has 0 bridgehead atoms. The minimum absolute atomic E-state index is 0.00849. The van der Waals surface area contributed by atoms with Crippen LogP contribution in [0.25, 0.3) is 10.9 Å². The highest BCUT2D eigenvalue weighted by molar-refractivity contribution is 5.99. The normalized spacial score (nSPS) is 11.1. The van der Waals surface area contributed by atoms with Crippen LogP contribution in [0.4, 0.5) is 0 Å². The topological polar surface area (TPSA) is 42.3 Å². The number of hydrogen-bond donors (Lipinski definition) is 0. The molecule has 0 spiro atoms. The Bertz CT molecular complexity index is 1230. The van der Waals surface area contributed by atoms with Crippen LogP contribution >= 0.6 is 0 Å². The Morgan fingerprint density at radius 2 is 1.48 bits per heavy atom. The molecule has 0 saturated carbocycles. The molecule has 33 heavy (non-hydrogen) atoms. The number of nitrogens with zero attached hydrogens (tertiary/aromatic N) is 2. The van der Waals surface area contributed by atoms with Crippen LogP contribution in [0, 0.1) is 0 Å². The monoisotopic (exact) mass is 438 g/mol. The number of aromatic nitrogens is 1. The SMILES string of the molecule is CC(C)N(CC(=O)c1ccccc1)C(=O)CCc1cn(Cc2ccccc2)c2ccccc12. The number of aryl methyl sites for hydroxylation is 1. The second-order valence-corrected chi connectivity index (χ2v) is 8.69. The summed E-state index contributed by atoms with van der Waals surface area (Å²) in [5.41, 5.74) is 4.21. The van der Waals surface area contributed by atoms with Gasteiger partial charge >= 0.3 is 0 Å². The fourth-order valence-corrected chi connectivity index (χ4v) is 4.25. The minimum Gasteiger partial charge on any atom is -0.343 e. The van der Waals surface area contributed by atoms with Crippen molar-refractivity contribution in [3.05, 3.63) is 108 Å². The number of carbonyl (C=O) groups excluding carboxylic acids is 2. The predicted molar refractivity (Wildman–Crippen MR) is 133 cm³/mol. The number of para-hydroxylation sites is 1. The highest BCUT2D eigenvalue weighted by Crippen LogP contribution is 2.24. The Kier molecular flexibility index (Phi) is 7.04. The van der Waals surface area contributed by atoms with E-state index in [9.17, 15) is 9.59 Å². The van der Waals surface area contributed by atoms with Crippen molar-refractivity contribution >= 4 is 22.6 Å². The van der Waals surface area contributed by atoms with E-state index in [1.807, 2.05) is 44.2 Å². The van der Waals surface area contributed by atoms with Crippen LogP contribution in [-0.4, -0.2) is 33.7 Å². The van der Waals surface area contributed by atoms with Crippen LogP contribution in [0.15, 0.2) is 91.1 Å². The quantitative estimate of drug-likeness (QED) is 0.313. The lowest BCUT2D eigenvalue weighted by atomic mass is 10.1. The van der Waals surface area contributed by atoms with Crippen LogP contribution < -0.4 is 0 Å². The smallest absolute Gasteiger partial charge is 0.223 e. The molecular weight excluding hydrogens is 408 g/mol. The lowest BCUT2D eigenvalue weighted by Gasteiger charge is -2.26. The summed E-state index contributed by atoms with van der Waals surface area (Å²) in [6.07, 6.45) is 3.18. The van der Waals surface area contributed by atoms with Gasteiger partial charge in [-0.15, -0.1) is 0 Å². The predicted octanol–water partition coefficient (Wildman–Crippen LogP) is 5.74. The van der Waals surface area contributed by atoms with Crippen molar-refractivity contribution < 1.29 is 9.59 Å². The molecule has 168 valence electrons. The van der Waals surface area contributed by atoms with E-state index in [0.717, 1.165) is 12.1 Å². The van der Waals surface area contributed by atoms with Crippen LogP contribution in [0.3, 0.4) is 0 Å². The summed E-state index contributed by atoms with van der Waals surface area (Å²) in [6, 6.07) is 27.9. The molecule has 0 N–H and O–H groups in total. The maximum atomic E-state index is 13.1. The maximum Gasteiger partial charge on any atom is 0.223 e. The first-order valence-electron chi connectivity index (χ1n) is 11.5. The van der Waals surface area contributed by atoms with E-state index in [4.69, 9.17) is 0 Å². The zero-order chi connectivity index (χ0) is 23.2. The van der Waals surface area contributed by atoms with Gasteiger partial charge in [0.2, 0.25) is 5.91 Å². The molecule has 4 nitrogen and oxygen atoms in total. The fraction of sp³-hybridized carbons (Fsp3) is 0.241. The summed E-state index contributed by atoms with van der Waals surface area (Å²) in [6.45, 7) is 4.82. The van der Waals surface area contributed by atoms with Gasteiger partial charge < -0.3 is 9.47 Å². The minimum atomic E-state index is -0.0374. The number of carbonyl (C=O) groups is 2. The molecule has 1 aromatic heterocycles. The Hall–Kier alpha value is -3.66. The van der Waals surface area contributed by atoms with Gasteiger partial charge in [-0.05, 0) is 37.5 Å². The molecular formula is C29H30N2O2. The summed E-state index contributed by atoms with van der Waals surface area (Å²) in [7, 11) is 0. The largest absolute Gasteiger partial charge is 0.343 e. The third-order valence-electron chi connectivity index (χ3n) is 6.03. The molecule has 0 unspecified atom stereocenters. The Morgan fingerprint density at radius 1 is 0.848 bits per heavy atom. The molecule has 0 atom stereocenters. The molecule has 1 heterocycles. The Labute approximate surface area is 195 Å². The second kappa shape index (κ2) is 10.3. The fourth-order valence-electron chi connectivity index (χ4n) is 4.25. The van der Waals surface area contributed by atoms with Crippen molar-refractivity contribution in [3.8, 4) is 0 Å². The molecule has 0 saturated heterocycles. The van der Waals surface area contributed by atoms with Crippen LogP contribution in [0.5, 0.6) is 0 Å². The molecule has 0 fully saturated rings. The molecule has 4 aromatic rings. The third-order valence-corrected chi connectivity index (χ3v) is 6.03. The van der Waals surface area contributed by atoms with Gasteiger partial charge in [0, 0.05) is 41.7 Å². The average molecular weight is 439 g/mol. The van der Waals surface area contributed by atoms with Crippen LogP contribution in [0.1, 0.15) is 41.8 Å². The van der Waals surface area contributed by atoms with Gasteiger partial charge in [-0.2, -0.15) is 0 Å². The Morgan fingerprint density at radius 3 is 2.18 bits per heavy atom. The summed E-state index contributed by atoms with van der Waals surface area (Å²) in [5, 5.41) is 1.18.